The monoisotopic (exact) mass is 505 g/mol. The van der Waals surface area contributed by atoms with Crippen molar-refractivity contribution in [3.05, 3.63) is 81.1 Å². The van der Waals surface area contributed by atoms with Crippen molar-refractivity contribution in [2.45, 2.75) is 18.9 Å². The van der Waals surface area contributed by atoms with Crippen LogP contribution >= 0.6 is 34.8 Å². The Morgan fingerprint density at radius 1 is 1.03 bits per heavy atom. The van der Waals surface area contributed by atoms with Crippen LogP contribution in [0.1, 0.15) is 28.8 Å². The van der Waals surface area contributed by atoms with Gasteiger partial charge in [0.25, 0.3) is 5.91 Å². The fourth-order valence-corrected chi connectivity index (χ4v) is 4.53. The van der Waals surface area contributed by atoms with Crippen LogP contribution in [-0.4, -0.2) is 47.1 Å². The molecule has 0 radical (unpaired) electrons. The Labute approximate surface area is 207 Å². The van der Waals surface area contributed by atoms with Gasteiger partial charge in [0.05, 0.1) is 22.2 Å². The van der Waals surface area contributed by atoms with Crippen LogP contribution in [-0.2, 0) is 0 Å². The first kappa shape index (κ1) is 23.6. The summed E-state index contributed by atoms with van der Waals surface area (Å²) >= 11 is 18.4. The first-order chi connectivity index (χ1) is 15.9. The Bertz CT molecular complexity index is 1140. The third kappa shape index (κ3) is 5.35. The van der Waals surface area contributed by atoms with E-state index in [-0.39, 0.29) is 23.8 Å². The van der Waals surface area contributed by atoms with Gasteiger partial charge in [-0.1, -0.05) is 40.9 Å². The number of carbonyl (C=O) groups is 1. The van der Waals surface area contributed by atoms with E-state index in [2.05, 4.69) is 9.97 Å². The minimum Gasteiger partial charge on any atom is -0.481 e. The van der Waals surface area contributed by atoms with E-state index in [1.165, 1.54) is 7.11 Å². The van der Waals surface area contributed by atoms with Crippen molar-refractivity contribution in [2.24, 2.45) is 5.92 Å². The zero-order valence-electron chi connectivity index (χ0n) is 18.0. The van der Waals surface area contributed by atoms with Gasteiger partial charge >= 0.3 is 0 Å². The number of nitrogens with zero attached hydrogens (tertiary/aromatic N) is 3. The molecule has 0 saturated carbocycles. The lowest BCUT2D eigenvalue weighted by Gasteiger charge is -2.25. The zero-order chi connectivity index (χ0) is 23.5. The summed E-state index contributed by atoms with van der Waals surface area (Å²) in [6.45, 7) is 2.99. The highest BCUT2D eigenvalue weighted by Gasteiger charge is 2.40. The summed E-state index contributed by atoms with van der Waals surface area (Å²) in [7, 11) is 1.52. The van der Waals surface area contributed by atoms with Crippen LogP contribution in [0, 0.1) is 5.92 Å². The van der Waals surface area contributed by atoms with Crippen molar-refractivity contribution in [3.63, 3.8) is 0 Å². The van der Waals surface area contributed by atoms with Crippen LogP contribution in [0.25, 0.3) is 0 Å². The van der Waals surface area contributed by atoms with Crippen LogP contribution in [0.2, 0.25) is 15.1 Å². The van der Waals surface area contributed by atoms with E-state index < -0.39 is 0 Å². The van der Waals surface area contributed by atoms with Crippen LogP contribution in [0.4, 0.5) is 0 Å². The van der Waals surface area contributed by atoms with E-state index in [9.17, 15) is 4.79 Å². The maximum absolute atomic E-state index is 13.3. The molecular formula is C24H22Cl3N3O3. The molecule has 1 aliphatic rings. The summed E-state index contributed by atoms with van der Waals surface area (Å²) in [6, 6.07) is 12.4. The van der Waals surface area contributed by atoms with Crippen molar-refractivity contribution >= 4 is 40.7 Å². The van der Waals surface area contributed by atoms with Gasteiger partial charge < -0.3 is 14.4 Å². The number of amides is 1. The Morgan fingerprint density at radius 2 is 1.85 bits per heavy atom. The number of rotatable bonds is 6. The molecule has 6 nitrogen and oxygen atoms in total. The van der Waals surface area contributed by atoms with Gasteiger partial charge in [-0.3, -0.25) is 4.79 Å². The van der Waals surface area contributed by atoms with Crippen LogP contribution < -0.4 is 9.47 Å². The highest BCUT2D eigenvalue weighted by molar-refractivity contribution is 6.42. The minimum atomic E-state index is -0.233. The van der Waals surface area contributed by atoms with Gasteiger partial charge in [-0.15, -0.1) is 0 Å². The first-order valence-electron chi connectivity index (χ1n) is 10.4. The van der Waals surface area contributed by atoms with E-state index in [0.29, 0.717) is 45.5 Å². The van der Waals surface area contributed by atoms with Crippen molar-refractivity contribution in [2.75, 3.05) is 20.2 Å². The average molecular weight is 507 g/mol. The third-order valence-corrected chi connectivity index (χ3v) is 6.79. The lowest BCUT2D eigenvalue weighted by Crippen LogP contribution is -2.32. The van der Waals surface area contributed by atoms with Gasteiger partial charge in [-0.05, 0) is 36.8 Å². The molecule has 1 saturated heterocycles. The number of ether oxygens (including phenoxy) is 2. The van der Waals surface area contributed by atoms with E-state index in [1.807, 2.05) is 24.0 Å². The number of hydrogen-bond donors (Lipinski definition) is 0. The molecule has 1 aromatic carbocycles. The summed E-state index contributed by atoms with van der Waals surface area (Å²) in [5.74, 6) is 0.758. The Hall–Kier alpha value is -2.54. The highest BCUT2D eigenvalue weighted by atomic mass is 35.5. The summed E-state index contributed by atoms with van der Waals surface area (Å²) < 4.78 is 11.3. The maximum atomic E-state index is 13.3. The second-order valence-corrected chi connectivity index (χ2v) is 9.13. The van der Waals surface area contributed by atoms with Gasteiger partial charge in [-0.2, -0.15) is 0 Å². The summed E-state index contributed by atoms with van der Waals surface area (Å²) in [4.78, 5) is 23.5. The summed E-state index contributed by atoms with van der Waals surface area (Å²) in [5.41, 5.74) is 1.51. The lowest BCUT2D eigenvalue weighted by atomic mass is 9.86. The number of hydrogen-bond acceptors (Lipinski definition) is 5. The van der Waals surface area contributed by atoms with Crippen molar-refractivity contribution in [3.8, 4) is 11.8 Å². The van der Waals surface area contributed by atoms with Gasteiger partial charge in [0, 0.05) is 55.0 Å². The third-order valence-electron chi connectivity index (χ3n) is 5.82. The van der Waals surface area contributed by atoms with E-state index >= 15 is 0 Å². The fraction of sp³-hybridized carbons (Fsp3) is 0.292. The fourth-order valence-electron chi connectivity index (χ4n) is 4.11. The zero-order valence-corrected chi connectivity index (χ0v) is 20.3. The van der Waals surface area contributed by atoms with Crippen LogP contribution in [0.3, 0.4) is 0 Å². The molecule has 33 heavy (non-hydrogen) atoms. The van der Waals surface area contributed by atoms with Crippen molar-refractivity contribution in [1.82, 2.24) is 14.9 Å². The number of methoxy groups -OCH3 is 1. The smallest absolute Gasteiger partial charge is 0.254 e. The topological polar surface area (TPSA) is 64.5 Å². The van der Waals surface area contributed by atoms with Crippen LogP contribution in [0.5, 0.6) is 11.8 Å². The summed E-state index contributed by atoms with van der Waals surface area (Å²) in [6.07, 6.45) is 2.87. The van der Waals surface area contributed by atoms with E-state index in [0.717, 1.165) is 5.56 Å². The second kappa shape index (κ2) is 10.2. The molecule has 0 unspecified atom stereocenters. The molecule has 0 spiro atoms. The molecular weight excluding hydrogens is 485 g/mol. The Morgan fingerprint density at radius 3 is 2.55 bits per heavy atom. The molecule has 1 amide bonds. The predicted octanol–water partition coefficient (Wildman–Crippen LogP) is 5.77. The molecule has 2 aromatic heterocycles. The van der Waals surface area contributed by atoms with Gasteiger partial charge in [0.1, 0.15) is 6.10 Å². The second-order valence-electron chi connectivity index (χ2n) is 7.88. The number of halogens is 3. The van der Waals surface area contributed by atoms with E-state index in [4.69, 9.17) is 44.3 Å². The molecule has 1 aliphatic heterocycles. The number of pyridine rings is 2. The van der Waals surface area contributed by atoms with Gasteiger partial charge in [0.2, 0.25) is 11.8 Å². The molecule has 9 heteroatoms. The maximum Gasteiger partial charge on any atom is 0.254 e. The Balaban J connectivity index is 1.61. The number of carbonyl (C=O) groups excluding carboxylic acids is 1. The van der Waals surface area contributed by atoms with Crippen LogP contribution in [0.15, 0.2) is 54.9 Å². The lowest BCUT2D eigenvalue weighted by molar-refractivity contribution is 0.0769. The largest absolute Gasteiger partial charge is 0.481 e. The number of likely N-dealkylation sites (tertiary alicyclic amines) is 1. The molecule has 0 N–H and O–H groups in total. The normalized spacial score (nSPS) is 18.8. The molecule has 3 atom stereocenters. The molecule has 0 bridgehead atoms. The van der Waals surface area contributed by atoms with E-state index in [1.54, 1.807) is 42.7 Å². The quantitative estimate of drug-likeness (QED) is 0.425. The van der Waals surface area contributed by atoms with Crippen molar-refractivity contribution < 1.29 is 14.3 Å². The van der Waals surface area contributed by atoms with Gasteiger partial charge in [0.15, 0.2) is 0 Å². The average Bonchev–Trinajstić information content (AvgIpc) is 3.27. The van der Waals surface area contributed by atoms with Crippen molar-refractivity contribution in [1.29, 1.82) is 0 Å². The molecule has 172 valence electrons. The SMILES string of the molecule is COc1cc(C(=O)N2C[C@@H]([C@@H](C)Oc3ccc(Cl)cn3)[C@H](c3ccc(Cl)c(Cl)c3)C2)ccn1. The molecule has 3 aromatic rings. The molecule has 3 heterocycles. The minimum absolute atomic E-state index is 0.00486. The highest BCUT2D eigenvalue weighted by Crippen LogP contribution is 2.38. The van der Waals surface area contributed by atoms with Gasteiger partial charge in [-0.25, -0.2) is 9.97 Å². The Kier molecular flexibility index (Phi) is 7.27. The summed E-state index contributed by atoms with van der Waals surface area (Å²) in [5, 5.41) is 1.50. The molecule has 4 rings (SSSR count). The predicted molar refractivity (Wildman–Crippen MR) is 129 cm³/mol. The first-order valence-corrected chi connectivity index (χ1v) is 11.5. The molecule has 1 fully saturated rings. The standard InChI is InChI=1S/C24H22Cl3N3O3/c1-14(33-22-6-4-17(25)11-29-22)18-12-30(24(31)16-7-8-28-23(10-16)32-2)13-19(18)15-3-5-20(26)21(27)9-15/h3-11,14,18-19H,12-13H2,1-2H3/t14-,18+,19+/m1/s1. The number of benzene rings is 1. The number of aromatic nitrogens is 2. The molecule has 0 aliphatic carbocycles.